The summed E-state index contributed by atoms with van der Waals surface area (Å²) in [5, 5.41) is 10.2. The van der Waals surface area contributed by atoms with Crippen molar-refractivity contribution in [2.45, 2.75) is 25.2 Å². The maximum Gasteiger partial charge on any atom is 0.0896 e. The summed E-state index contributed by atoms with van der Waals surface area (Å²) in [6, 6.07) is 0. The Morgan fingerprint density at radius 2 is 2.45 bits per heavy atom. The summed E-state index contributed by atoms with van der Waals surface area (Å²) in [7, 11) is 0. The first-order valence-electron chi connectivity index (χ1n) is 3.81. The zero-order chi connectivity index (χ0) is 7.90. The van der Waals surface area contributed by atoms with E-state index in [0.29, 0.717) is 0 Å². The SMILES string of the molecule is Cc1ncc(C2(CO)CC2)s1. The third kappa shape index (κ3) is 1.08. The van der Waals surface area contributed by atoms with Gasteiger partial charge in [0.05, 0.1) is 11.6 Å². The van der Waals surface area contributed by atoms with E-state index in [1.165, 1.54) is 4.88 Å². The molecule has 0 aromatic carbocycles. The molecule has 1 heterocycles. The van der Waals surface area contributed by atoms with Gasteiger partial charge in [0, 0.05) is 16.5 Å². The Labute approximate surface area is 69.9 Å². The van der Waals surface area contributed by atoms with Crippen LogP contribution in [0.5, 0.6) is 0 Å². The largest absolute Gasteiger partial charge is 0.395 e. The predicted molar refractivity (Wildman–Crippen MR) is 44.8 cm³/mol. The Balaban J connectivity index is 2.29. The van der Waals surface area contributed by atoms with E-state index >= 15 is 0 Å². The number of thiazole rings is 1. The van der Waals surface area contributed by atoms with Gasteiger partial charge >= 0.3 is 0 Å². The Hall–Kier alpha value is -0.410. The van der Waals surface area contributed by atoms with Crippen LogP contribution in [-0.2, 0) is 5.41 Å². The van der Waals surface area contributed by atoms with Crippen LogP contribution < -0.4 is 0 Å². The van der Waals surface area contributed by atoms with Crippen LogP contribution >= 0.6 is 11.3 Å². The molecule has 1 N–H and O–H groups in total. The molecule has 1 fully saturated rings. The van der Waals surface area contributed by atoms with E-state index in [0.717, 1.165) is 17.8 Å². The number of hydrogen-bond donors (Lipinski definition) is 1. The van der Waals surface area contributed by atoms with E-state index in [1.807, 2.05) is 13.1 Å². The maximum absolute atomic E-state index is 9.10. The lowest BCUT2D eigenvalue weighted by atomic mass is 10.1. The van der Waals surface area contributed by atoms with Crippen molar-refractivity contribution in [3.8, 4) is 0 Å². The van der Waals surface area contributed by atoms with Gasteiger partial charge in [-0.1, -0.05) is 0 Å². The first-order chi connectivity index (χ1) is 5.27. The van der Waals surface area contributed by atoms with Crippen molar-refractivity contribution in [1.82, 2.24) is 4.98 Å². The Morgan fingerprint density at radius 1 is 1.73 bits per heavy atom. The monoisotopic (exact) mass is 169 g/mol. The molecule has 0 saturated heterocycles. The molecule has 60 valence electrons. The van der Waals surface area contributed by atoms with Gasteiger partial charge in [0.15, 0.2) is 0 Å². The molecule has 11 heavy (non-hydrogen) atoms. The fourth-order valence-corrected chi connectivity index (χ4v) is 2.25. The zero-order valence-electron chi connectivity index (χ0n) is 6.50. The second-order valence-electron chi connectivity index (χ2n) is 3.18. The summed E-state index contributed by atoms with van der Waals surface area (Å²) in [6.07, 6.45) is 4.17. The molecule has 0 atom stereocenters. The summed E-state index contributed by atoms with van der Waals surface area (Å²) in [6.45, 7) is 2.29. The molecule has 1 aliphatic rings. The molecule has 1 aromatic rings. The minimum Gasteiger partial charge on any atom is -0.395 e. The highest BCUT2D eigenvalue weighted by molar-refractivity contribution is 7.11. The van der Waals surface area contributed by atoms with Gasteiger partial charge in [0.1, 0.15) is 0 Å². The van der Waals surface area contributed by atoms with Crippen molar-refractivity contribution < 1.29 is 5.11 Å². The number of hydrogen-bond acceptors (Lipinski definition) is 3. The summed E-state index contributed by atoms with van der Waals surface area (Å²) in [4.78, 5) is 5.44. The average Bonchev–Trinajstić information content (AvgIpc) is 2.70. The number of nitrogens with zero attached hydrogens (tertiary/aromatic N) is 1. The number of aliphatic hydroxyl groups is 1. The molecule has 0 radical (unpaired) electrons. The highest BCUT2D eigenvalue weighted by Gasteiger charge is 2.45. The normalized spacial score (nSPS) is 20.2. The molecule has 2 rings (SSSR count). The molecule has 3 heteroatoms. The van der Waals surface area contributed by atoms with Crippen LogP contribution in [0.2, 0.25) is 0 Å². The molecule has 0 spiro atoms. The van der Waals surface area contributed by atoms with Crippen molar-refractivity contribution in [2.24, 2.45) is 0 Å². The lowest BCUT2D eigenvalue weighted by molar-refractivity contribution is 0.257. The number of aromatic nitrogens is 1. The topological polar surface area (TPSA) is 33.1 Å². The Morgan fingerprint density at radius 3 is 2.82 bits per heavy atom. The molecule has 1 saturated carbocycles. The fourth-order valence-electron chi connectivity index (χ4n) is 1.24. The van der Waals surface area contributed by atoms with E-state index < -0.39 is 0 Å². The highest BCUT2D eigenvalue weighted by Crippen LogP contribution is 2.49. The predicted octanol–water partition coefficient (Wildman–Crippen LogP) is 1.48. The van der Waals surface area contributed by atoms with E-state index in [1.54, 1.807) is 11.3 Å². The third-order valence-corrected chi connectivity index (χ3v) is 3.46. The lowest BCUT2D eigenvalue weighted by Crippen LogP contribution is -2.09. The van der Waals surface area contributed by atoms with E-state index in [-0.39, 0.29) is 12.0 Å². The summed E-state index contributed by atoms with van der Waals surface area (Å²) >= 11 is 1.71. The van der Waals surface area contributed by atoms with E-state index in [4.69, 9.17) is 5.11 Å². The van der Waals surface area contributed by atoms with Gasteiger partial charge in [-0.3, -0.25) is 0 Å². The van der Waals surface area contributed by atoms with E-state index in [2.05, 4.69) is 4.98 Å². The van der Waals surface area contributed by atoms with Crippen molar-refractivity contribution in [3.05, 3.63) is 16.1 Å². The molecule has 2 nitrogen and oxygen atoms in total. The number of rotatable bonds is 2. The quantitative estimate of drug-likeness (QED) is 0.727. The number of aryl methyl sites for hydroxylation is 1. The fraction of sp³-hybridized carbons (Fsp3) is 0.625. The van der Waals surface area contributed by atoms with Crippen LogP contribution in [0, 0.1) is 6.92 Å². The van der Waals surface area contributed by atoms with Gasteiger partial charge in [-0.25, -0.2) is 4.98 Å². The van der Waals surface area contributed by atoms with Gasteiger partial charge in [0.25, 0.3) is 0 Å². The van der Waals surface area contributed by atoms with Crippen LogP contribution in [-0.4, -0.2) is 16.7 Å². The smallest absolute Gasteiger partial charge is 0.0896 e. The minimum atomic E-state index is 0.117. The van der Waals surface area contributed by atoms with Gasteiger partial charge in [-0.05, 0) is 19.8 Å². The molecule has 1 aliphatic carbocycles. The second kappa shape index (κ2) is 2.29. The van der Waals surface area contributed by atoms with Crippen molar-refractivity contribution in [2.75, 3.05) is 6.61 Å². The number of aliphatic hydroxyl groups excluding tert-OH is 1. The van der Waals surface area contributed by atoms with Crippen LogP contribution in [0.15, 0.2) is 6.20 Å². The molecule has 0 amide bonds. The molecule has 0 bridgehead atoms. The minimum absolute atomic E-state index is 0.117. The molecule has 1 aromatic heterocycles. The zero-order valence-corrected chi connectivity index (χ0v) is 7.32. The van der Waals surface area contributed by atoms with Gasteiger partial charge in [0.2, 0.25) is 0 Å². The van der Waals surface area contributed by atoms with Gasteiger partial charge < -0.3 is 5.11 Å². The summed E-state index contributed by atoms with van der Waals surface area (Å²) in [5.41, 5.74) is 0.117. The lowest BCUT2D eigenvalue weighted by Gasteiger charge is -2.05. The highest BCUT2D eigenvalue weighted by atomic mass is 32.1. The third-order valence-electron chi connectivity index (χ3n) is 2.30. The maximum atomic E-state index is 9.10. The van der Waals surface area contributed by atoms with Crippen LogP contribution in [0.1, 0.15) is 22.7 Å². The second-order valence-corrected chi connectivity index (χ2v) is 4.42. The average molecular weight is 169 g/mol. The van der Waals surface area contributed by atoms with Gasteiger partial charge in [-0.15, -0.1) is 11.3 Å². The van der Waals surface area contributed by atoms with Gasteiger partial charge in [-0.2, -0.15) is 0 Å². The van der Waals surface area contributed by atoms with Crippen LogP contribution in [0.3, 0.4) is 0 Å². The molecule has 0 aliphatic heterocycles. The summed E-state index contributed by atoms with van der Waals surface area (Å²) < 4.78 is 0. The van der Waals surface area contributed by atoms with Crippen molar-refractivity contribution in [1.29, 1.82) is 0 Å². The Kier molecular flexibility index (Phi) is 1.51. The molecule has 0 unspecified atom stereocenters. The van der Waals surface area contributed by atoms with Crippen molar-refractivity contribution in [3.63, 3.8) is 0 Å². The summed E-state index contributed by atoms with van der Waals surface area (Å²) in [5.74, 6) is 0. The standard InChI is InChI=1S/C8H11NOS/c1-6-9-4-7(11-6)8(5-10)2-3-8/h4,10H,2-3,5H2,1H3. The van der Waals surface area contributed by atoms with Crippen LogP contribution in [0.25, 0.3) is 0 Å². The first kappa shape index (κ1) is 7.25. The Bertz CT molecular complexity index is 265. The molecular formula is C8H11NOS. The van der Waals surface area contributed by atoms with Crippen LogP contribution in [0.4, 0.5) is 0 Å². The van der Waals surface area contributed by atoms with E-state index in [9.17, 15) is 0 Å². The first-order valence-corrected chi connectivity index (χ1v) is 4.62. The van der Waals surface area contributed by atoms with Crippen molar-refractivity contribution >= 4 is 11.3 Å². The molecular weight excluding hydrogens is 158 g/mol.